The van der Waals surface area contributed by atoms with Crippen molar-refractivity contribution in [3.63, 3.8) is 0 Å². The highest BCUT2D eigenvalue weighted by Gasteiger charge is 2.54. The molecular weight excluding hydrogens is 245 g/mol. The number of ether oxygens (including phenoxy) is 1. The molecule has 0 aliphatic rings. The van der Waals surface area contributed by atoms with Gasteiger partial charge in [-0.05, 0) is 13.8 Å². The summed E-state index contributed by atoms with van der Waals surface area (Å²) in [6.45, 7) is -0.311. The van der Waals surface area contributed by atoms with Crippen molar-refractivity contribution in [2.75, 3.05) is 6.61 Å². The molecular formula is C8H11F7O. The molecule has 0 aromatic heterocycles. The normalized spacial score (nSPS) is 19.3. The fourth-order valence-corrected chi connectivity index (χ4v) is 0.795. The largest absolute Gasteiger partial charge is 0.425 e. The lowest BCUT2D eigenvalue weighted by Crippen LogP contribution is -2.45. The fourth-order valence-electron chi connectivity index (χ4n) is 0.795. The maximum atomic E-state index is 13.0. The van der Waals surface area contributed by atoms with Gasteiger partial charge < -0.3 is 4.74 Å². The quantitative estimate of drug-likeness (QED) is 0.682. The molecule has 0 bridgehead atoms. The second-order valence-corrected chi connectivity index (χ2v) is 3.56. The summed E-state index contributed by atoms with van der Waals surface area (Å²) in [6, 6.07) is 0. The zero-order valence-electron chi connectivity index (χ0n) is 8.55. The lowest BCUT2D eigenvalue weighted by Gasteiger charge is -2.26. The topological polar surface area (TPSA) is 9.23 Å². The van der Waals surface area contributed by atoms with Crippen LogP contribution in [0.3, 0.4) is 0 Å². The first kappa shape index (κ1) is 15.5. The van der Waals surface area contributed by atoms with Crippen LogP contribution in [0.4, 0.5) is 30.7 Å². The van der Waals surface area contributed by atoms with Crippen LogP contribution in [-0.4, -0.2) is 30.7 Å². The molecule has 0 saturated heterocycles. The summed E-state index contributed by atoms with van der Waals surface area (Å²) < 4.78 is 89.1. The van der Waals surface area contributed by atoms with Crippen LogP contribution in [0, 0.1) is 0 Å². The Bertz CT molecular complexity index is 217. The smallest absolute Gasteiger partial charge is 0.343 e. The minimum absolute atomic E-state index is 0.207. The third kappa shape index (κ3) is 5.53. The van der Waals surface area contributed by atoms with E-state index in [-0.39, 0.29) is 6.92 Å². The molecule has 2 unspecified atom stereocenters. The minimum atomic E-state index is -5.43. The van der Waals surface area contributed by atoms with Gasteiger partial charge in [0.15, 0.2) is 0 Å². The molecule has 2 atom stereocenters. The highest BCUT2D eigenvalue weighted by Crippen LogP contribution is 2.34. The maximum absolute atomic E-state index is 13.0. The van der Waals surface area contributed by atoms with E-state index in [2.05, 4.69) is 4.74 Å². The standard InChI is InChI=1S/C8H11F7O/c1-6(10,11)3-4-16-7(2,12)5(9)8(13,14)15/h5H,3-4H2,1-2H3. The lowest BCUT2D eigenvalue weighted by molar-refractivity contribution is -0.278. The predicted molar refractivity (Wildman–Crippen MR) is 41.7 cm³/mol. The Morgan fingerprint density at radius 3 is 1.75 bits per heavy atom. The molecule has 0 amide bonds. The molecule has 98 valence electrons. The van der Waals surface area contributed by atoms with Crippen LogP contribution in [0.25, 0.3) is 0 Å². The van der Waals surface area contributed by atoms with Crippen molar-refractivity contribution in [1.82, 2.24) is 0 Å². The second kappa shape index (κ2) is 4.77. The van der Waals surface area contributed by atoms with Gasteiger partial charge in [-0.15, -0.1) is 0 Å². The summed E-state index contributed by atoms with van der Waals surface area (Å²) in [6.07, 6.45) is -10.3. The van der Waals surface area contributed by atoms with Crippen LogP contribution in [-0.2, 0) is 4.74 Å². The van der Waals surface area contributed by atoms with E-state index in [4.69, 9.17) is 0 Å². The average molecular weight is 256 g/mol. The molecule has 0 saturated carbocycles. The molecule has 0 rings (SSSR count). The van der Waals surface area contributed by atoms with Crippen molar-refractivity contribution < 1.29 is 35.5 Å². The molecule has 0 heterocycles. The zero-order chi connectivity index (χ0) is 13.2. The third-order valence-corrected chi connectivity index (χ3v) is 1.67. The van der Waals surface area contributed by atoms with E-state index in [0.717, 1.165) is 0 Å². The van der Waals surface area contributed by atoms with E-state index >= 15 is 0 Å². The molecule has 0 aromatic carbocycles. The van der Waals surface area contributed by atoms with Gasteiger partial charge in [-0.2, -0.15) is 13.2 Å². The fraction of sp³-hybridized carbons (Fsp3) is 1.00. The molecule has 0 N–H and O–H groups in total. The molecule has 16 heavy (non-hydrogen) atoms. The first-order valence-electron chi connectivity index (χ1n) is 4.28. The number of alkyl halides is 7. The van der Waals surface area contributed by atoms with Gasteiger partial charge in [-0.3, -0.25) is 0 Å². The second-order valence-electron chi connectivity index (χ2n) is 3.56. The van der Waals surface area contributed by atoms with Crippen LogP contribution in [0.5, 0.6) is 0 Å². The Kier molecular flexibility index (Phi) is 4.61. The van der Waals surface area contributed by atoms with Crippen LogP contribution in [0.1, 0.15) is 20.3 Å². The summed E-state index contributed by atoms with van der Waals surface area (Å²) in [5, 5.41) is 0. The molecule has 0 fully saturated rings. The Hall–Kier alpha value is -0.530. The Morgan fingerprint density at radius 2 is 1.44 bits per heavy atom. The summed E-state index contributed by atoms with van der Waals surface area (Å²) >= 11 is 0. The van der Waals surface area contributed by atoms with Gasteiger partial charge in [0.2, 0.25) is 11.8 Å². The average Bonchev–Trinajstić information content (AvgIpc) is 1.98. The molecule has 1 nitrogen and oxygen atoms in total. The van der Waals surface area contributed by atoms with Crippen LogP contribution < -0.4 is 0 Å². The monoisotopic (exact) mass is 256 g/mol. The van der Waals surface area contributed by atoms with Crippen LogP contribution >= 0.6 is 0 Å². The van der Waals surface area contributed by atoms with Crippen LogP contribution in [0.15, 0.2) is 0 Å². The number of hydrogen-bond acceptors (Lipinski definition) is 1. The van der Waals surface area contributed by atoms with Crippen molar-refractivity contribution in [1.29, 1.82) is 0 Å². The van der Waals surface area contributed by atoms with E-state index in [0.29, 0.717) is 6.92 Å². The Balaban J connectivity index is 4.25. The van der Waals surface area contributed by atoms with Gasteiger partial charge in [-0.1, -0.05) is 0 Å². The number of rotatable bonds is 5. The highest BCUT2D eigenvalue weighted by molar-refractivity contribution is 4.80. The van der Waals surface area contributed by atoms with Crippen molar-refractivity contribution in [2.24, 2.45) is 0 Å². The van der Waals surface area contributed by atoms with E-state index in [1.54, 1.807) is 0 Å². The van der Waals surface area contributed by atoms with Crippen LogP contribution in [0.2, 0.25) is 0 Å². The summed E-state index contributed by atoms with van der Waals surface area (Å²) in [7, 11) is 0. The van der Waals surface area contributed by atoms with Gasteiger partial charge >= 0.3 is 6.18 Å². The summed E-state index contributed by atoms with van der Waals surface area (Å²) in [5.41, 5.74) is 0. The van der Waals surface area contributed by atoms with Gasteiger partial charge in [0.1, 0.15) is 0 Å². The summed E-state index contributed by atoms with van der Waals surface area (Å²) in [4.78, 5) is 0. The lowest BCUT2D eigenvalue weighted by atomic mass is 10.2. The maximum Gasteiger partial charge on any atom is 0.425 e. The third-order valence-electron chi connectivity index (χ3n) is 1.67. The summed E-state index contributed by atoms with van der Waals surface area (Å²) in [5.74, 6) is -6.87. The highest BCUT2D eigenvalue weighted by atomic mass is 19.4. The SMILES string of the molecule is CC(F)(F)CCOC(C)(F)C(F)C(F)(F)F. The minimum Gasteiger partial charge on any atom is -0.343 e. The molecule has 8 heteroatoms. The molecule has 0 aromatic rings. The first-order valence-corrected chi connectivity index (χ1v) is 4.28. The van der Waals surface area contributed by atoms with E-state index in [9.17, 15) is 30.7 Å². The van der Waals surface area contributed by atoms with Gasteiger partial charge in [0.25, 0.3) is 6.17 Å². The van der Waals surface area contributed by atoms with Gasteiger partial charge in [0.05, 0.1) is 6.61 Å². The van der Waals surface area contributed by atoms with Crippen molar-refractivity contribution in [3.8, 4) is 0 Å². The van der Waals surface area contributed by atoms with E-state index in [1.165, 1.54) is 0 Å². The molecule has 0 spiro atoms. The Morgan fingerprint density at radius 1 is 1.00 bits per heavy atom. The van der Waals surface area contributed by atoms with Crippen molar-refractivity contribution in [2.45, 2.75) is 44.4 Å². The first-order chi connectivity index (χ1) is 6.86. The molecule has 0 radical (unpaired) electrons. The van der Waals surface area contributed by atoms with Crippen molar-refractivity contribution in [3.05, 3.63) is 0 Å². The Labute approximate surface area is 87.6 Å². The number of hydrogen-bond donors (Lipinski definition) is 0. The zero-order valence-corrected chi connectivity index (χ0v) is 8.55. The van der Waals surface area contributed by atoms with Crippen molar-refractivity contribution >= 4 is 0 Å². The molecule has 0 aliphatic heterocycles. The van der Waals surface area contributed by atoms with Gasteiger partial charge in [0, 0.05) is 6.42 Å². The van der Waals surface area contributed by atoms with E-state index < -0.39 is 37.2 Å². The van der Waals surface area contributed by atoms with E-state index in [1.807, 2.05) is 0 Å². The molecule has 0 aliphatic carbocycles. The predicted octanol–water partition coefficient (Wildman–Crippen LogP) is 3.63. The number of halogens is 7. The van der Waals surface area contributed by atoms with Gasteiger partial charge in [-0.25, -0.2) is 17.6 Å².